The Morgan fingerprint density at radius 1 is 0.882 bits per heavy atom. The Labute approximate surface area is 204 Å². The lowest BCUT2D eigenvalue weighted by atomic mass is 9.78. The molecule has 3 unspecified atom stereocenters. The largest absolute Gasteiger partial charge is 0.542 e. The van der Waals surface area contributed by atoms with E-state index in [1.165, 1.54) is 5.56 Å². The first kappa shape index (κ1) is 24.1. The van der Waals surface area contributed by atoms with Gasteiger partial charge in [0.15, 0.2) is 0 Å². The summed E-state index contributed by atoms with van der Waals surface area (Å²) in [5, 5.41) is 10.5. The molecule has 3 atom stereocenters. The Hall–Kier alpha value is -3.05. The van der Waals surface area contributed by atoms with Crippen molar-refractivity contribution in [2.75, 3.05) is 7.11 Å². The van der Waals surface area contributed by atoms with E-state index in [1.807, 2.05) is 36.4 Å². The number of hydrogen-bond donors (Lipinski definition) is 1. The number of rotatable bonds is 6. The van der Waals surface area contributed by atoms with Crippen molar-refractivity contribution >= 4 is 15.0 Å². The van der Waals surface area contributed by atoms with Crippen LogP contribution in [0.3, 0.4) is 0 Å². The molecule has 5 heteroatoms. The molecule has 3 aromatic rings. The van der Waals surface area contributed by atoms with E-state index in [-0.39, 0.29) is 17.3 Å². The fourth-order valence-electron chi connectivity index (χ4n) is 5.07. The van der Waals surface area contributed by atoms with E-state index in [0.29, 0.717) is 0 Å². The Balaban J connectivity index is 1.91. The Morgan fingerprint density at radius 3 is 2.03 bits per heavy atom. The van der Waals surface area contributed by atoms with Gasteiger partial charge in [-0.1, -0.05) is 69.3 Å². The number of benzene rings is 3. The summed E-state index contributed by atoms with van der Waals surface area (Å²) >= 11 is 0. The molecule has 0 saturated carbocycles. The number of carboxylic acids is 1. The molecule has 177 valence electrons. The predicted molar refractivity (Wildman–Crippen MR) is 137 cm³/mol. The van der Waals surface area contributed by atoms with Crippen LogP contribution in [0.2, 0.25) is 13.1 Å². The Kier molecular flexibility index (Phi) is 6.59. The number of methoxy groups -OCH3 is 1. The lowest BCUT2D eigenvalue weighted by Crippen LogP contribution is -2.25. The van der Waals surface area contributed by atoms with Gasteiger partial charge in [-0.2, -0.15) is 0 Å². The minimum Gasteiger partial charge on any atom is -0.542 e. The van der Waals surface area contributed by atoms with E-state index in [0.717, 1.165) is 33.8 Å². The minimum atomic E-state index is -1.05. The molecule has 34 heavy (non-hydrogen) atoms. The monoisotopic (exact) mass is 473 g/mol. The van der Waals surface area contributed by atoms with Crippen molar-refractivity contribution < 1.29 is 19.1 Å². The minimum absolute atomic E-state index is 0.0313. The molecule has 3 aromatic carbocycles. The summed E-state index contributed by atoms with van der Waals surface area (Å²) in [4.78, 5) is 12.9. The molecule has 0 heterocycles. The third-order valence-electron chi connectivity index (χ3n) is 6.67. The zero-order valence-corrected chi connectivity index (χ0v) is 21.8. The van der Waals surface area contributed by atoms with Crippen LogP contribution in [-0.2, 0) is 10.2 Å². The molecule has 0 fully saturated rings. The van der Waals surface area contributed by atoms with E-state index in [9.17, 15) is 9.90 Å². The van der Waals surface area contributed by atoms with Gasteiger partial charge in [-0.25, -0.2) is 0 Å². The van der Waals surface area contributed by atoms with Gasteiger partial charge in [-0.05, 0) is 59.0 Å². The van der Waals surface area contributed by atoms with Crippen LogP contribution in [0.5, 0.6) is 11.5 Å². The fraction of sp³-hybridized carbons (Fsp3) is 0.345. The van der Waals surface area contributed by atoms with Crippen molar-refractivity contribution in [3.05, 3.63) is 94.5 Å². The third kappa shape index (κ3) is 4.49. The van der Waals surface area contributed by atoms with Gasteiger partial charge in [0, 0.05) is 17.4 Å². The molecule has 1 aliphatic rings. The molecule has 4 rings (SSSR count). The van der Waals surface area contributed by atoms with Crippen LogP contribution in [0.15, 0.2) is 66.7 Å². The van der Waals surface area contributed by atoms with Crippen LogP contribution in [-0.4, -0.2) is 27.2 Å². The SMILES string of the molecule is COc1ccc(C2c3ccccc3C(c3ccc(C(C)(C)C)cc3O[Si](C)C)C2C(=O)O)cc1. The quantitative estimate of drug-likeness (QED) is 0.410. The first-order valence-electron chi connectivity index (χ1n) is 11.7. The maximum absolute atomic E-state index is 12.9. The molecule has 1 N–H and O–H groups in total. The second kappa shape index (κ2) is 9.30. The van der Waals surface area contributed by atoms with Crippen LogP contribution in [0, 0.1) is 5.92 Å². The first-order valence-corrected chi connectivity index (χ1v) is 14.1. The first-order chi connectivity index (χ1) is 16.1. The summed E-state index contributed by atoms with van der Waals surface area (Å²) in [5.41, 5.74) is 5.21. The zero-order chi connectivity index (χ0) is 24.6. The summed E-state index contributed by atoms with van der Waals surface area (Å²) in [5.74, 6) is -0.427. The molecule has 0 saturated heterocycles. The molecule has 4 nitrogen and oxygen atoms in total. The molecular weight excluding hydrogens is 440 g/mol. The third-order valence-corrected chi connectivity index (χ3v) is 7.30. The highest BCUT2D eigenvalue weighted by Gasteiger charge is 2.47. The number of carboxylic acid groups (broad SMARTS) is 1. The van der Waals surface area contributed by atoms with E-state index < -0.39 is 20.9 Å². The molecule has 1 aliphatic carbocycles. The summed E-state index contributed by atoms with van der Waals surface area (Å²) < 4.78 is 11.7. The molecule has 0 bridgehead atoms. The summed E-state index contributed by atoms with van der Waals surface area (Å²) in [6.45, 7) is 10.8. The number of hydrogen-bond acceptors (Lipinski definition) is 3. The number of ether oxygens (including phenoxy) is 1. The van der Waals surface area contributed by atoms with Gasteiger partial charge >= 0.3 is 5.97 Å². The second-order valence-corrected chi connectivity index (χ2v) is 12.3. The smallest absolute Gasteiger partial charge is 0.308 e. The lowest BCUT2D eigenvalue weighted by molar-refractivity contribution is -0.142. The molecule has 0 amide bonds. The molecule has 0 aromatic heterocycles. The number of fused-ring (bicyclic) bond motifs is 1. The predicted octanol–water partition coefficient (Wildman–Crippen LogP) is 6.60. The molecule has 0 aliphatic heterocycles. The summed E-state index contributed by atoms with van der Waals surface area (Å²) in [7, 11) is 0.588. The fourth-order valence-corrected chi connectivity index (χ4v) is 5.68. The van der Waals surface area contributed by atoms with Crippen molar-refractivity contribution in [3.63, 3.8) is 0 Å². The molecule has 1 radical (unpaired) electrons. The summed E-state index contributed by atoms with van der Waals surface area (Å²) in [6.07, 6.45) is 0. The molecular formula is C29H33O4Si. The maximum Gasteiger partial charge on any atom is 0.308 e. The van der Waals surface area contributed by atoms with Crippen molar-refractivity contribution in [2.45, 2.75) is 51.1 Å². The van der Waals surface area contributed by atoms with Crippen molar-refractivity contribution in [1.29, 1.82) is 0 Å². The average Bonchev–Trinajstić information content (AvgIpc) is 3.13. The van der Waals surface area contributed by atoms with E-state index in [1.54, 1.807) is 7.11 Å². The van der Waals surface area contributed by atoms with Gasteiger partial charge in [-0.3, -0.25) is 4.79 Å². The topological polar surface area (TPSA) is 55.8 Å². The highest BCUT2D eigenvalue weighted by Crippen LogP contribution is 2.54. The van der Waals surface area contributed by atoms with Crippen LogP contribution in [0.4, 0.5) is 0 Å². The maximum atomic E-state index is 12.9. The highest BCUT2D eigenvalue weighted by atomic mass is 28.3. The Morgan fingerprint density at radius 2 is 1.50 bits per heavy atom. The highest BCUT2D eigenvalue weighted by molar-refractivity contribution is 6.49. The standard InChI is InChI=1S/C29H33O4Si/c1-29(2,3)19-13-16-23(24(17-19)33-34(5)6)26-22-10-8-7-9-21(22)25(27(26)28(30)31)18-11-14-20(32-4)15-12-18/h7-17,25-27H,1-6H3,(H,30,31). The van der Waals surface area contributed by atoms with Gasteiger partial charge in [0.05, 0.1) is 13.0 Å². The van der Waals surface area contributed by atoms with Crippen molar-refractivity contribution in [1.82, 2.24) is 0 Å². The average molecular weight is 474 g/mol. The van der Waals surface area contributed by atoms with Gasteiger partial charge in [0.2, 0.25) is 0 Å². The molecule has 0 spiro atoms. The van der Waals surface area contributed by atoms with E-state index in [2.05, 4.69) is 64.2 Å². The van der Waals surface area contributed by atoms with Gasteiger partial charge in [-0.15, -0.1) is 0 Å². The van der Waals surface area contributed by atoms with Crippen LogP contribution in [0.1, 0.15) is 60.4 Å². The normalized spacial score (nSPS) is 19.7. The van der Waals surface area contributed by atoms with Gasteiger partial charge < -0.3 is 14.3 Å². The zero-order valence-electron chi connectivity index (χ0n) is 20.8. The summed E-state index contributed by atoms with van der Waals surface area (Å²) in [6, 6.07) is 22.3. The van der Waals surface area contributed by atoms with Gasteiger partial charge in [0.25, 0.3) is 9.04 Å². The number of carbonyl (C=O) groups is 1. The lowest BCUT2D eigenvalue weighted by Gasteiger charge is -2.27. The van der Waals surface area contributed by atoms with Crippen LogP contribution in [0.25, 0.3) is 0 Å². The van der Waals surface area contributed by atoms with Crippen LogP contribution < -0.4 is 9.16 Å². The van der Waals surface area contributed by atoms with E-state index in [4.69, 9.17) is 9.16 Å². The van der Waals surface area contributed by atoms with Crippen molar-refractivity contribution in [2.24, 2.45) is 5.92 Å². The van der Waals surface area contributed by atoms with Gasteiger partial charge in [0.1, 0.15) is 11.5 Å². The van der Waals surface area contributed by atoms with Crippen LogP contribution >= 0.6 is 0 Å². The number of aliphatic carboxylic acids is 1. The Bertz CT molecular complexity index is 1180. The van der Waals surface area contributed by atoms with E-state index >= 15 is 0 Å². The van der Waals surface area contributed by atoms with Crippen molar-refractivity contribution in [3.8, 4) is 11.5 Å². The second-order valence-electron chi connectivity index (χ2n) is 10.2.